The quantitative estimate of drug-likeness (QED) is 0.509. The Balaban J connectivity index is 2.50. The monoisotopic (exact) mass is 214 g/mol. The maximum absolute atomic E-state index is 10.8. The zero-order chi connectivity index (χ0) is 11.4. The lowest BCUT2D eigenvalue weighted by Crippen LogP contribution is -2.29. The molecule has 0 aromatic rings. The molecule has 2 unspecified atom stereocenters. The lowest BCUT2D eigenvalue weighted by molar-refractivity contribution is -0.183. The summed E-state index contributed by atoms with van der Waals surface area (Å²) in [6, 6.07) is 0. The Hall–Kier alpha value is -0.545. The van der Waals surface area contributed by atoms with Crippen LogP contribution in [0.1, 0.15) is 33.6 Å². The van der Waals surface area contributed by atoms with Crippen molar-refractivity contribution in [3.63, 3.8) is 0 Å². The van der Waals surface area contributed by atoms with Gasteiger partial charge in [-0.05, 0) is 12.8 Å². The molecule has 0 bridgehead atoms. The third kappa shape index (κ3) is 3.21. The molecule has 0 aromatic heterocycles. The minimum absolute atomic E-state index is 0.0411. The average Bonchev–Trinajstić information content (AvgIpc) is 2.49. The standard InChI is InChI=1S/C10H19BO4/c1-4-8(15-11)9-5-6(2)10(14-9)13-7(3)12/h6,8-10H,4-5,11H2,1-3H3/t6-,8+,9?,10?/m1/s1. The summed E-state index contributed by atoms with van der Waals surface area (Å²) in [5, 5.41) is 0. The molecule has 1 aliphatic heterocycles. The average molecular weight is 214 g/mol. The first kappa shape index (κ1) is 12.5. The van der Waals surface area contributed by atoms with Crippen LogP contribution < -0.4 is 0 Å². The van der Waals surface area contributed by atoms with Crippen molar-refractivity contribution in [2.75, 3.05) is 0 Å². The zero-order valence-corrected chi connectivity index (χ0v) is 9.86. The molecule has 5 heteroatoms. The molecule has 0 aliphatic carbocycles. The number of carbonyl (C=O) groups is 1. The van der Waals surface area contributed by atoms with Gasteiger partial charge in [-0.15, -0.1) is 0 Å². The Morgan fingerprint density at radius 1 is 1.67 bits per heavy atom. The van der Waals surface area contributed by atoms with Crippen molar-refractivity contribution in [2.24, 2.45) is 5.92 Å². The summed E-state index contributed by atoms with van der Waals surface area (Å²) in [5.41, 5.74) is 0. The second-order valence-electron chi connectivity index (χ2n) is 4.05. The van der Waals surface area contributed by atoms with Gasteiger partial charge < -0.3 is 14.1 Å². The molecule has 15 heavy (non-hydrogen) atoms. The predicted octanol–water partition coefficient (Wildman–Crippen LogP) is 0.644. The van der Waals surface area contributed by atoms with Crippen molar-refractivity contribution in [1.29, 1.82) is 0 Å². The third-order valence-electron chi connectivity index (χ3n) is 2.78. The molecule has 0 radical (unpaired) electrons. The van der Waals surface area contributed by atoms with Gasteiger partial charge in [0.25, 0.3) is 8.05 Å². The van der Waals surface area contributed by atoms with Gasteiger partial charge in [-0.1, -0.05) is 13.8 Å². The van der Waals surface area contributed by atoms with Crippen LogP contribution in [0, 0.1) is 5.92 Å². The highest BCUT2D eigenvalue weighted by Gasteiger charge is 2.37. The lowest BCUT2D eigenvalue weighted by atomic mass is 10.0. The van der Waals surface area contributed by atoms with Crippen molar-refractivity contribution in [1.82, 2.24) is 0 Å². The van der Waals surface area contributed by atoms with E-state index in [0.717, 1.165) is 12.8 Å². The van der Waals surface area contributed by atoms with Crippen molar-refractivity contribution in [2.45, 2.75) is 52.1 Å². The van der Waals surface area contributed by atoms with E-state index in [4.69, 9.17) is 14.1 Å². The summed E-state index contributed by atoms with van der Waals surface area (Å²) >= 11 is 0. The SMILES string of the molecule is BO[C@@H](CC)C1C[C@@H](C)C(OC(C)=O)O1. The Morgan fingerprint density at radius 3 is 2.80 bits per heavy atom. The fourth-order valence-electron chi connectivity index (χ4n) is 1.97. The molecule has 86 valence electrons. The largest absolute Gasteiger partial charge is 0.439 e. The summed E-state index contributed by atoms with van der Waals surface area (Å²) in [5.74, 6) is -0.0546. The molecule has 1 aliphatic rings. The van der Waals surface area contributed by atoms with E-state index in [1.807, 2.05) is 6.92 Å². The first-order chi connectivity index (χ1) is 7.08. The number of rotatable bonds is 4. The molecule has 1 rings (SSSR count). The van der Waals surface area contributed by atoms with Crippen LogP contribution in [0.3, 0.4) is 0 Å². The first-order valence-corrected chi connectivity index (χ1v) is 5.44. The van der Waals surface area contributed by atoms with Crippen LogP contribution >= 0.6 is 0 Å². The minimum Gasteiger partial charge on any atom is -0.439 e. The van der Waals surface area contributed by atoms with Crippen LogP contribution in [0.4, 0.5) is 0 Å². The summed E-state index contributed by atoms with van der Waals surface area (Å²) < 4.78 is 16.1. The van der Waals surface area contributed by atoms with E-state index in [-0.39, 0.29) is 24.1 Å². The van der Waals surface area contributed by atoms with Crippen LogP contribution in [0.25, 0.3) is 0 Å². The van der Waals surface area contributed by atoms with Crippen LogP contribution in [0.5, 0.6) is 0 Å². The van der Waals surface area contributed by atoms with Gasteiger partial charge >= 0.3 is 5.97 Å². The fraction of sp³-hybridized carbons (Fsp3) is 0.900. The number of carbonyl (C=O) groups excluding carboxylic acids is 1. The maximum atomic E-state index is 10.8. The van der Waals surface area contributed by atoms with Crippen molar-refractivity contribution < 1.29 is 18.9 Å². The molecule has 0 saturated carbocycles. The van der Waals surface area contributed by atoms with E-state index in [1.54, 1.807) is 8.05 Å². The Morgan fingerprint density at radius 2 is 2.33 bits per heavy atom. The molecule has 1 saturated heterocycles. The van der Waals surface area contributed by atoms with Gasteiger partial charge in [0, 0.05) is 12.8 Å². The zero-order valence-electron chi connectivity index (χ0n) is 9.86. The van der Waals surface area contributed by atoms with Gasteiger partial charge in [-0.2, -0.15) is 0 Å². The molecule has 0 spiro atoms. The minimum atomic E-state index is -0.406. The highest BCUT2D eigenvalue weighted by molar-refractivity contribution is 5.98. The Bertz CT molecular complexity index is 217. The van der Waals surface area contributed by atoms with Crippen LogP contribution in [-0.2, 0) is 18.9 Å². The van der Waals surface area contributed by atoms with E-state index in [1.165, 1.54) is 6.92 Å². The first-order valence-electron chi connectivity index (χ1n) is 5.44. The van der Waals surface area contributed by atoms with E-state index in [9.17, 15) is 4.79 Å². The normalized spacial score (nSPS) is 32.6. The van der Waals surface area contributed by atoms with Gasteiger partial charge in [-0.25, -0.2) is 0 Å². The van der Waals surface area contributed by atoms with Crippen molar-refractivity contribution >= 4 is 14.0 Å². The number of ether oxygens (including phenoxy) is 2. The second-order valence-corrected chi connectivity index (χ2v) is 4.05. The van der Waals surface area contributed by atoms with Gasteiger partial charge in [0.1, 0.15) is 0 Å². The molecule has 0 N–H and O–H groups in total. The number of hydrogen-bond donors (Lipinski definition) is 0. The van der Waals surface area contributed by atoms with Crippen LogP contribution in [-0.4, -0.2) is 32.5 Å². The fourth-order valence-corrected chi connectivity index (χ4v) is 1.97. The van der Waals surface area contributed by atoms with Crippen molar-refractivity contribution in [3.05, 3.63) is 0 Å². The Labute approximate surface area is 91.7 Å². The van der Waals surface area contributed by atoms with E-state index in [0.29, 0.717) is 0 Å². The smallest absolute Gasteiger partial charge is 0.304 e. The summed E-state index contributed by atoms with van der Waals surface area (Å²) in [6.45, 7) is 5.48. The number of esters is 1. The molecular formula is C10H19BO4. The topological polar surface area (TPSA) is 44.8 Å². The van der Waals surface area contributed by atoms with Gasteiger partial charge in [0.15, 0.2) is 0 Å². The van der Waals surface area contributed by atoms with Gasteiger partial charge in [0.2, 0.25) is 6.29 Å². The molecule has 4 atom stereocenters. The highest BCUT2D eigenvalue weighted by Crippen LogP contribution is 2.30. The summed E-state index contributed by atoms with van der Waals surface area (Å²) in [6.07, 6.45) is 1.51. The van der Waals surface area contributed by atoms with Crippen LogP contribution in [0.2, 0.25) is 0 Å². The van der Waals surface area contributed by atoms with Gasteiger partial charge in [-0.3, -0.25) is 4.79 Å². The number of hydrogen-bond acceptors (Lipinski definition) is 4. The summed E-state index contributed by atoms with van der Waals surface area (Å²) in [7, 11) is 1.68. The van der Waals surface area contributed by atoms with E-state index < -0.39 is 6.29 Å². The predicted molar refractivity (Wildman–Crippen MR) is 57.9 cm³/mol. The van der Waals surface area contributed by atoms with Crippen molar-refractivity contribution in [3.8, 4) is 0 Å². The lowest BCUT2D eigenvalue weighted by Gasteiger charge is -2.21. The molecular weight excluding hydrogens is 195 g/mol. The van der Waals surface area contributed by atoms with Crippen LogP contribution in [0.15, 0.2) is 0 Å². The molecule has 0 aromatic carbocycles. The third-order valence-corrected chi connectivity index (χ3v) is 2.78. The highest BCUT2D eigenvalue weighted by atomic mass is 16.7. The van der Waals surface area contributed by atoms with E-state index in [2.05, 4.69) is 6.92 Å². The Kier molecular flexibility index (Phi) is 4.60. The molecule has 0 amide bonds. The molecule has 1 heterocycles. The van der Waals surface area contributed by atoms with Gasteiger partial charge in [0.05, 0.1) is 12.2 Å². The second kappa shape index (κ2) is 5.51. The molecule has 4 nitrogen and oxygen atoms in total. The van der Waals surface area contributed by atoms with E-state index >= 15 is 0 Å². The summed E-state index contributed by atoms with van der Waals surface area (Å²) in [4.78, 5) is 10.8. The molecule has 1 fully saturated rings. The maximum Gasteiger partial charge on any atom is 0.304 e.